The minimum atomic E-state index is -4.06. The average Bonchev–Trinajstić information content (AvgIpc) is 2.79. The molecule has 0 spiro atoms. The molecule has 0 saturated carbocycles. The van der Waals surface area contributed by atoms with Crippen LogP contribution in [0.2, 0.25) is 0 Å². The van der Waals surface area contributed by atoms with E-state index < -0.39 is 38.9 Å². The van der Waals surface area contributed by atoms with Crippen molar-refractivity contribution < 1.29 is 23.1 Å². The lowest BCUT2D eigenvalue weighted by Gasteiger charge is -2.15. The minimum absolute atomic E-state index is 0.0573. The van der Waals surface area contributed by atoms with Gasteiger partial charge in [-0.05, 0) is 37.5 Å². The number of hydrogen-bond acceptors (Lipinski definition) is 5. The van der Waals surface area contributed by atoms with Crippen LogP contribution in [0.1, 0.15) is 29.6 Å². The van der Waals surface area contributed by atoms with Crippen molar-refractivity contribution in [3.63, 3.8) is 0 Å². The van der Waals surface area contributed by atoms with E-state index in [1.165, 1.54) is 12.1 Å². The zero-order chi connectivity index (χ0) is 18.9. The number of carboxylic acids is 1. The molecule has 1 fully saturated rings. The Bertz CT molecular complexity index is 1040. The number of pyridine rings is 1. The number of aromatic nitrogens is 1. The number of nitrogens with one attached hydrogen (secondary N) is 3. The van der Waals surface area contributed by atoms with E-state index in [4.69, 9.17) is 5.11 Å². The van der Waals surface area contributed by atoms with Gasteiger partial charge in [0.1, 0.15) is 11.6 Å². The van der Waals surface area contributed by atoms with Crippen molar-refractivity contribution in [2.75, 3.05) is 6.54 Å². The van der Waals surface area contributed by atoms with Crippen LogP contribution in [0, 0.1) is 0 Å². The number of carboxylic acid groups (broad SMARTS) is 1. The van der Waals surface area contributed by atoms with E-state index in [1.807, 2.05) is 0 Å². The first-order chi connectivity index (χ1) is 12.3. The van der Waals surface area contributed by atoms with Gasteiger partial charge in [-0.25, -0.2) is 13.2 Å². The van der Waals surface area contributed by atoms with Crippen LogP contribution in [-0.2, 0) is 14.8 Å². The number of aromatic amines is 1. The van der Waals surface area contributed by atoms with Crippen LogP contribution in [-0.4, -0.2) is 43.0 Å². The predicted molar refractivity (Wildman–Crippen MR) is 92.5 cm³/mol. The zero-order valence-electron chi connectivity index (χ0n) is 13.6. The third kappa shape index (κ3) is 3.46. The van der Waals surface area contributed by atoms with Gasteiger partial charge in [0.25, 0.3) is 0 Å². The van der Waals surface area contributed by atoms with Crippen molar-refractivity contribution in [3.8, 4) is 0 Å². The summed E-state index contributed by atoms with van der Waals surface area (Å²) >= 11 is 0. The highest BCUT2D eigenvalue weighted by molar-refractivity contribution is 7.89. The summed E-state index contributed by atoms with van der Waals surface area (Å²) in [5.41, 5.74) is -0.954. The fraction of sp³-hybridized carbons (Fsp3) is 0.312. The van der Waals surface area contributed by atoms with Crippen LogP contribution in [0.5, 0.6) is 0 Å². The van der Waals surface area contributed by atoms with E-state index in [-0.39, 0.29) is 10.3 Å². The van der Waals surface area contributed by atoms with E-state index in [9.17, 15) is 22.8 Å². The van der Waals surface area contributed by atoms with E-state index >= 15 is 0 Å². The Hall–Kier alpha value is -2.72. The van der Waals surface area contributed by atoms with Crippen LogP contribution < -0.4 is 15.5 Å². The molecule has 1 unspecified atom stereocenters. The normalized spacial score (nSPS) is 18.3. The molecule has 1 aromatic heterocycles. The maximum atomic E-state index is 12.6. The molecule has 4 N–H and O–H groups in total. The fourth-order valence-corrected chi connectivity index (χ4v) is 4.09. The van der Waals surface area contributed by atoms with Gasteiger partial charge in [0.2, 0.25) is 21.4 Å². The maximum Gasteiger partial charge on any atom is 0.341 e. The summed E-state index contributed by atoms with van der Waals surface area (Å²) in [4.78, 5) is 37.7. The molecule has 1 saturated heterocycles. The van der Waals surface area contributed by atoms with Crippen molar-refractivity contribution in [3.05, 3.63) is 40.2 Å². The van der Waals surface area contributed by atoms with Crippen LogP contribution in [0.4, 0.5) is 0 Å². The molecule has 10 heteroatoms. The average molecular weight is 379 g/mol. The summed E-state index contributed by atoms with van der Waals surface area (Å²) in [6, 6.07) is 2.89. The molecule has 3 rings (SSSR count). The Morgan fingerprint density at radius 1 is 1.23 bits per heavy atom. The summed E-state index contributed by atoms with van der Waals surface area (Å²) in [5.74, 6) is -1.80. The number of benzene rings is 1. The molecule has 2 heterocycles. The van der Waals surface area contributed by atoms with Gasteiger partial charge in [-0.15, -0.1) is 0 Å². The number of rotatable bonds is 4. The fourth-order valence-electron chi connectivity index (χ4n) is 2.83. The summed E-state index contributed by atoms with van der Waals surface area (Å²) in [5, 5.41) is 11.6. The Morgan fingerprint density at radius 3 is 2.73 bits per heavy atom. The second-order valence-electron chi connectivity index (χ2n) is 6.00. The van der Waals surface area contributed by atoms with Crippen molar-refractivity contribution in [1.29, 1.82) is 0 Å². The van der Waals surface area contributed by atoms with Crippen molar-refractivity contribution in [2.24, 2.45) is 0 Å². The molecule has 9 nitrogen and oxygen atoms in total. The molecule has 2 aromatic rings. The number of carbonyl (C=O) groups is 2. The molecule has 1 aliphatic rings. The lowest BCUT2D eigenvalue weighted by atomic mass is 10.1. The Labute approximate surface area is 148 Å². The number of H-pyrrole nitrogens is 1. The quantitative estimate of drug-likeness (QED) is 0.596. The molecule has 1 amide bonds. The third-order valence-electron chi connectivity index (χ3n) is 4.23. The van der Waals surface area contributed by atoms with Crippen molar-refractivity contribution >= 4 is 32.8 Å². The van der Waals surface area contributed by atoms with Gasteiger partial charge in [0, 0.05) is 23.6 Å². The first-order valence-corrected chi connectivity index (χ1v) is 9.47. The van der Waals surface area contributed by atoms with E-state index in [0.717, 1.165) is 18.7 Å². The predicted octanol–water partition coefficient (Wildman–Crippen LogP) is 0.173. The molecule has 0 aliphatic carbocycles. The van der Waals surface area contributed by atoms with Gasteiger partial charge in [-0.1, -0.05) is 0 Å². The van der Waals surface area contributed by atoms with Gasteiger partial charge in [-0.2, -0.15) is 4.72 Å². The lowest BCUT2D eigenvalue weighted by Crippen LogP contribution is -2.45. The van der Waals surface area contributed by atoms with Crippen LogP contribution in [0.25, 0.3) is 10.9 Å². The summed E-state index contributed by atoms with van der Waals surface area (Å²) < 4.78 is 27.6. The van der Waals surface area contributed by atoms with E-state index in [2.05, 4.69) is 15.0 Å². The summed E-state index contributed by atoms with van der Waals surface area (Å²) in [6.07, 6.45) is 2.91. The molecular formula is C16H17N3O6S. The molecular weight excluding hydrogens is 362 g/mol. The number of aromatic carboxylic acids is 1. The largest absolute Gasteiger partial charge is 0.477 e. The number of carbonyl (C=O) groups excluding carboxylic acids is 1. The van der Waals surface area contributed by atoms with E-state index in [0.29, 0.717) is 24.9 Å². The summed E-state index contributed by atoms with van der Waals surface area (Å²) in [6.45, 7) is 0.500. The summed E-state index contributed by atoms with van der Waals surface area (Å²) in [7, 11) is -4.06. The first kappa shape index (κ1) is 18.1. The SMILES string of the molecule is O=C(O)c1c[nH]c2ccc(S(=O)(=O)NC3CCCCNC3=O)cc2c1=O. The van der Waals surface area contributed by atoms with Gasteiger partial charge in [0.05, 0.1) is 4.90 Å². The number of hydrogen-bond donors (Lipinski definition) is 4. The van der Waals surface area contributed by atoms with Crippen molar-refractivity contribution in [2.45, 2.75) is 30.2 Å². The molecule has 0 bridgehead atoms. The topological polar surface area (TPSA) is 145 Å². The monoisotopic (exact) mass is 379 g/mol. The smallest absolute Gasteiger partial charge is 0.341 e. The van der Waals surface area contributed by atoms with Gasteiger partial charge >= 0.3 is 5.97 Å². The number of fused-ring (bicyclic) bond motifs is 1. The van der Waals surface area contributed by atoms with Crippen LogP contribution >= 0.6 is 0 Å². The zero-order valence-corrected chi connectivity index (χ0v) is 14.4. The van der Waals surface area contributed by atoms with Gasteiger partial charge < -0.3 is 15.4 Å². The molecule has 1 aliphatic heterocycles. The molecule has 138 valence electrons. The number of amides is 1. The molecule has 1 aromatic carbocycles. The van der Waals surface area contributed by atoms with Gasteiger partial charge in [0.15, 0.2) is 0 Å². The molecule has 26 heavy (non-hydrogen) atoms. The number of sulfonamides is 1. The standard InChI is InChI=1S/C16H17N3O6S/c20-14-10-7-9(4-5-12(10)18-8-11(14)16(22)23)26(24,25)19-13-3-1-2-6-17-15(13)21/h4-5,7-8,13,19H,1-3,6H2,(H,17,21)(H,18,20)(H,22,23). The Balaban J connectivity index is 2.00. The Morgan fingerprint density at radius 2 is 2.00 bits per heavy atom. The van der Waals surface area contributed by atoms with Gasteiger partial charge in [-0.3, -0.25) is 9.59 Å². The lowest BCUT2D eigenvalue weighted by molar-refractivity contribution is -0.122. The molecule has 1 atom stereocenters. The van der Waals surface area contributed by atoms with Crippen LogP contribution in [0.15, 0.2) is 34.1 Å². The Kier molecular flexibility index (Phi) is 4.79. The highest BCUT2D eigenvalue weighted by Crippen LogP contribution is 2.17. The molecule has 0 radical (unpaired) electrons. The third-order valence-corrected chi connectivity index (χ3v) is 5.70. The minimum Gasteiger partial charge on any atom is -0.477 e. The highest BCUT2D eigenvalue weighted by Gasteiger charge is 2.27. The van der Waals surface area contributed by atoms with Crippen molar-refractivity contribution in [1.82, 2.24) is 15.0 Å². The second kappa shape index (κ2) is 6.89. The van der Waals surface area contributed by atoms with Crippen LogP contribution in [0.3, 0.4) is 0 Å². The second-order valence-corrected chi connectivity index (χ2v) is 7.72. The highest BCUT2D eigenvalue weighted by atomic mass is 32.2. The first-order valence-electron chi connectivity index (χ1n) is 7.98. The maximum absolute atomic E-state index is 12.6. The van der Waals surface area contributed by atoms with E-state index in [1.54, 1.807) is 0 Å².